The van der Waals surface area contributed by atoms with E-state index in [4.69, 9.17) is 5.73 Å². The molecule has 1 aliphatic heterocycles. The lowest BCUT2D eigenvalue weighted by atomic mass is 9.90. The summed E-state index contributed by atoms with van der Waals surface area (Å²) >= 11 is 0. The van der Waals surface area contributed by atoms with Gasteiger partial charge in [-0.05, 0) is 25.2 Å². The third-order valence-electron chi connectivity index (χ3n) is 3.92. The van der Waals surface area contributed by atoms with Crippen LogP contribution < -0.4 is 5.73 Å². The summed E-state index contributed by atoms with van der Waals surface area (Å²) in [5, 5.41) is 4.37. The summed E-state index contributed by atoms with van der Waals surface area (Å²) in [5.41, 5.74) is 7.26. The Hall–Kier alpha value is -0.870. The molecule has 2 rings (SSSR count). The Kier molecular flexibility index (Phi) is 4.40. The summed E-state index contributed by atoms with van der Waals surface area (Å²) in [4.78, 5) is 2.54. The molecule has 0 bridgehead atoms. The number of nitrogens with two attached hydrogens (primary N) is 1. The van der Waals surface area contributed by atoms with Gasteiger partial charge in [0.1, 0.15) is 0 Å². The smallest absolute Gasteiger partial charge is 0.0538 e. The lowest BCUT2D eigenvalue weighted by Crippen LogP contribution is -2.43. The molecular weight excluding hydrogens is 224 g/mol. The minimum atomic E-state index is 0.329. The minimum absolute atomic E-state index is 0.329. The molecule has 3 atom stereocenters. The first-order valence-electron chi connectivity index (χ1n) is 7.10. The van der Waals surface area contributed by atoms with Gasteiger partial charge in [-0.3, -0.25) is 9.58 Å². The molecule has 1 saturated heterocycles. The summed E-state index contributed by atoms with van der Waals surface area (Å²) in [5.74, 6) is 1.54. The molecule has 0 spiro atoms. The molecule has 1 aromatic heterocycles. The topological polar surface area (TPSA) is 47.1 Å². The fourth-order valence-electron chi connectivity index (χ4n) is 3.19. The standard InChI is InChI=1S/C14H26N4/c1-4-18-10-13(7-16-18)14(6-15)17-8-11(2)5-12(3)9-17/h7,10-12,14H,4-6,8-9,15H2,1-3H3. The molecule has 2 N–H and O–H groups in total. The van der Waals surface area contributed by atoms with Crippen LogP contribution in [0.2, 0.25) is 0 Å². The largest absolute Gasteiger partial charge is 0.329 e. The van der Waals surface area contributed by atoms with Gasteiger partial charge in [0, 0.05) is 37.9 Å². The fraction of sp³-hybridized carbons (Fsp3) is 0.786. The fourth-order valence-corrected chi connectivity index (χ4v) is 3.19. The molecule has 18 heavy (non-hydrogen) atoms. The van der Waals surface area contributed by atoms with E-state index in [0.29, 0.717) is 12.6 Å². The zero-order chi connectivity index (χ0) is 13.1. The molecule has 1 aromatic rings. The van der Waals surface area contributed by atoms with Crippen molar-refractivity contribution in [2.24, 2.45) is 17.6 Å². The third kappa shape index (κ3) is 2.93. The molecule has 4 nitrogen and oxygen atoms in total. The van der Waals surface area contributed by atoms with Crippen LogP contribution in [0.4, 0.5) is 0 Å². The van der Waals surface area contributed by atoms with Crippen molar-refractivity contribution in [3.8, 4) is 0 Å². The second-order valence-electron chi connectivity index (χ2n) is 5.78. The van der Waals surface area contributed by atoms with Crippen molar-refractivity contribution in [3.05, 3.63) is 18.0 Å². The van der Waals surface area contributed by atoms with E-state index in [-0.39, 0.29) is 0 Å². The van der Waals surface area contributed by atoms with E-state index < -0.39 is 0 Å². The Bertz CT molecular complexity index is 364. The number of piperidine rings is 1. The summed E-state index contributed by atoms with van der Waals surface area (Å²) < 4.78 is 1.98. The highest BCUT2D eigenvalue weighted by atomic mass is 15.3. The number of aromatic nitrogens is 2. The number of rotatable bonds is 4. The number of hydrogen-bond acceptors (Lipinski definition) is 3. The van der Waals surface area contributed by atoms with Gasteiger partial charge in [0.2, 0.25) is 0 Å². The van der Waals surface area contributed by atoms with Crippen LogP contribution >= 0.6 is 0 Å². The lowest BCUT2D eigenvalue weighted by molar-refractivity contribution is 0.0983. The molecule has 0 amide bonds. The van der Waals surface area contributed by atoms with Crippen molar-refractivity contribution in [2.75, 3.05) is 19.6 Å². The van der Waals surface area contributed by atoms with E-state index >= 15 is 0 Å². The van der Waals surface area contributed by atoms with E-state index in [1.807, 2.05) is 10.9 Å². The molecule has 0 aliphatic carbocycles. The normalized spacial score (nSPS) is 27.3. The lowest BCUT2D eigenvalue weighted by Gasteiger charge is -2.39. The maximum Gasteiger partial charge on any atom is 0.0538 e. The van der Waals surface area contributed by atoms with Gasteiger partial charge in [0.05, 0.1) is 12.2 Å². The van der Waals surface area contributed by atoms with Crippen LogP contribution in [-0.4, -0.2) is 34.3 Å². The third-order valence-corrected chi connectivity index (χ3v) is 3.92. The zero-order valence-electron chi connectivity index (χ0n) is 11.8. The Labute approximate surface area is 110 Å². The molecule has 0 aromatic carbocycles. The first-order chi connectivity index (χ1) is 8.63. The maximum absolute atomic E-state index is 6.00. The highest BCUT2D eigenvalue weighted by Gasteiger charge is 2.28. The van der Waals surface area contributed by atoms with Crippen LogP contribution in [0.3, 0.4) is 0 Å². The average molecular weight is 250 g/mol. The molecule has 0 radical (unpaired) electrons. The number of nitrogens with zero attached hydrogens (tertiary/aromatic N) is 3. The molecule has 0 saturated carbocycles. The van der Waals surface area contributed by atoms with Crippen LogP contribution in [0.25, 0.3) is 0 Å². The monoisotopic (exact) mass is 250 g/mol. The van der Waals surface area contributed by atoms with Crippen molar-refractivity contribution in [1.82, 2.24) is 14.7 Å². The molecular formula is C14H26N4. The van der Waals surface area contributed by atoms with Crippen LogP contribution in [-0.2, 0) is 6.54 Å². The van der Waals surface area contributed by atoms with Crippen molar-refractivity contribution in [2.45, 2.75) is 39.8 Å². The molecule has 2 heterocycles. The molecule has 4 heteroatoms. The summed E-state index contributed by atoms with van der Waals surface area (Å²) in [6.45, 7) is 10.7. The van der Waals surface area contributed by atoms with Crippen molar-refractivity contribution in [3.63, 3.8) is 0 Å². The molecule has 102 valence electrons. The average Bonchev–Trinajstić information content (AvgIpc) is 2.77. The van der Waals surface area contributed by atoms with Gasteiger partial charge < -0.3 is 5.73 Å². The number of likely N-dealkylation sites (tertiary alicyclic amines) is 1. The maximum atomic E-state index is 6.00. The van der Waals surface area contributed by atoms with Crippen LogP contribution in [0, 0.1) is 11.8 Å². The van der Waals surface area contributed by atoms with Gasteiger partial charge in [-0.15, -0.1) is 0 Å². The second-order valence-corrected chi connectivity index (χ2v) is 5.78. The first-order valence-corrected chi connectivity index (χ1v) is 7.10. The van der Waals surface area contributed by atoms with Gasteiger partial charge in [-0.1, -0.05) is 13.8 Å². The van der Waals surface area contributed by atoms with Crippen LogP contribution in [0.1, 0.15) is 38.8 Å². The van der Waals surface area contributed by atoms with Gasteiger partial charge in [0.15, 0.2) is 0 Å². The first kappa shape index (κ1) is 13.6. The Morgan fingerprint density at radius 2 is 2.06 bits per heavy atom. The summed E-state index contributed by atoms with van der Waals surface area (Å²) in [6, 6.07) is 0.329. The van der Waals surface area contributed by atoms with E-state index in [2.05, 4.69) is 37.0 Å². The van der Waals surface area contributed by atoms with Crippen molar-refractivity contribution in [1.29, 1.82) is 0 Å². The van der Waals surface area contributed by atoms with E-state index in [0.717, 1.165) is 31.5 Å². The minimum Gasteiger partial charge on any atom is -0.329 e. The van der Waals surface area contributed by atoms with Gasteiger partial charge in [-0.2, -0.15) is 5.10 Å². The van der Waals surface area contributed by atoms with E-state index in [1.54, 1.807) is 0 Å². The number of hydrogen-bond donors (Lipinski definition) is 1. The molecule has 3 unspecified atom stereocenters. The highest BCUT2D eigenvalue weighted by Crippen LogP contribution is 2.28. The van der Waals surface area contributed by atoms with E-state index in [1.165, 1.54) is 12.0 Å². The van der Waals surface area contributed by atoms with Crippen molar-refractivity contribution < 1.29 is 0 Å². The van der Waals surface area contributed by atoms with Crippen molar-refractivity contribution >= 4 is 0 Å². The van der Waals surface area contributed by atoms with Crippen LogP contribution in [0.15, 0.2) is 12.4 Å². The summed E-state index contributed by atoms with van der Waals surface area (Å²) in [6.07, 6.45) is 5.45. The quantitative estimate of drug-likeness (QED) is 0.887. The zero-order valence-corrected chi connectivity index (χ0v) is 11.8. The highest BCUT2D eigenvalue weighted by molar-refractivity contribution is 5.11. The number of aryl methyl sites for hydroxylation is 1. The Balaban J connectivity index is 2.12. The van der Waals surface area contributed by atoms with Gasteiger partial charge in [0.25, 0.3) is 0 Å². The molecule has 1 aliphatic rings. The Morgan fingerprint density at radius 3 is 2.56 bits per heavy atom. The van der Waals surface area contributed by atoms with Gasteiger partial charge >= 0.3 is 0 Å². The SMILES string of the molecule is CCn1cc(C(CN)N2CC(C)CC(C)C2)cn1. The molecule has 1 fully saturated rings. The second kappa shape index (κ2) is 5.85. The Morgan fingerprint density at radius 1 is 1.39 bits per heavy atom. The van der Waals surface area contributed by atoms with Gasteiger partial charge in [-0.25, -0.2) is 0 Å². The summed E-state index contributed by atoms with van der Waals surface area (Å²) in [7, 11) is 0. The predicted octanol–water partition coefficient (Wildman–Crippen LogP) is 1.88. The predicted molar refractivity (Wildman–Crippen MR) is 74.2 cm³/mol. The van der Waals surface area contributed by atoms with E-state index in [9.17, 15) is 0 Å². The van der Waals surface area contributed by atoms with Crippen LogP contribution in [0.5, 0.6) is 0 Å².